The zero-order valence-electron chi connectivity index (χ0n) is 13.4. The summed E-state index contributed by atoms with van der Waals surface area (Å²) < 4.78 is 19.0. The average Bonchev–Trinajstić information content (AvgIpc) is 2.56. The van der Waals surface area contributed by atoms with Crippen molar-refractivity contribution in [3.05, 3.63) is 54.5 Å². The molecular weight excluding hydrogens is 293 g/mol. The minimum Gasteiger partial charge on any atom is -0.492 e. The van der Waals surface area contributed by atoms with E-state index < -0.39 is 5.95 Å². The number of pyridine rings is 1. The summed E-state index contributed by atoms with van der Waals surface area (Å²) in [6.45, 7) is 6.43. The van der Waals surface area contributed by atoms with E-state index in [0.717, 1.165) is 37.7 Å². The zero-order valence-corrected chi connectivity index (χ0v) is 13.4. The Hall–Kier alpha value is -2.14. The minimum absolute atomic E-state index is 0.301. The predicted octanol–water partition coefficient (Wildman–Crippen LogP) is 2.81. The standard InChI is InChI=1S/C18H22FN3O/c1-15-14-21(12-13-23-16-6-3-2-4-7-16)10-11-22(15)18-9-5-8-17(19)20-18/h2-9,15H,10-14H2,1H3. The van der Waals surface area contributed by atoms with Gasteiger partial charge in [0.25, 0.3) is 0 Å². The van der Waals surface area contributed by atoms with Crippen LogP contribution in [0.2, 0.25) is 0 Å². The van der Waals surface area contributed by atoms with Crippen LogP contribution in [0.3, 0.4) is 0 Å². The summed E-state index contributed by atoms with van der Waals surface area (Å²) in [5.74, 6) is 1.20. The van der Waals surface area contributed by atoms with Crippen molar-refractivity contribution >= 4 is 5.82 Å². The van der Waals surface area contributed by atoms with Crippen LogP contribution in [-0.4, -0.2) is 48.7 Å². The van der Waals surface area contributed by atoms with Gasteiger partial charge >= 0.3 is 0 Å². The Bertz CT molecular complexity index is 623. The van der Waals surface area contributed by atoms with E-state index in [4.69, 9.17) is 4.74 Å². The summed E-state index contributed by atoms with van der Waals surface area (Å²) in [5.41, 5.74) is 0. The topological polar surface area (TPSA) is 28.6 Å². The van der Waals surface area contributed by atoms with E-state index in [0.29, 0.717) is 12.6 Å². The highest BCUT2D eigenvalue weighted by molar-refractivity contribution is 5.40. The normalized spacial score (nSPS) is 18.9. The van der Waals surface area contributed by atoms with Crippen LogP contribution >= 0.6 is 0 Å². The van der Waals surface area contributed by atoms with Crippen molar-refractivity contribution < 1.29 is 9.13 Å². The van der Waals surface area contributed by atoms with Gasteiger partial charge in [0.2, 0.25) is 5.95 Å². The number of halogens is 1. The molecular formula is C18H22FN3O. The third-order valence-corrected chi connectivity index (χ3v) is 4.13. The van der Waals surface area contributed by atoms with Gasteiger partial charge in [-0.15, -0.1) is 0 Å². The lowest BCUT2D eigenvalue weighted by molar-refractivity contribution is 0.183. The van der Waals surface area contributed by atoms with Gasteiger partial charge < -0.3 is 9.64 Å². The lowest BCUT2D eigenvalue weighted by atomic mass is 10.2. The summed E-state index contributed by atoms with van der Waals surface area (Å²) >= 11 is 0. The van der Waals surface area contributed by atoms with Crippen LogP contribution in [0.25, 0.3) is 0 Å². The first-order chi connectivity index (χ1) is 11.2. The second-order valence-electron chi connectivity index (χ2n) is 5.82. The van der Waals surface area contributed by atoms with E-state index in [1.165, 1.54) is 6.07 Å². The Kier molecular flexibility index (Phi) is 5.08. The highest BCUT2D eigenvalue weighted by Gasteiger charge is 2.24. The van der Waals surface area contributed by atoms with Gasteiger partial charge in [-0.2, -0.15) is 4.39 Å². The smallest absolute Gasteiger partial charge is 0.214 e. The number of hydrogen-bond acceptors (Lipinski definition) is 4. The number of benzene rings is 1. The molecule has 2 aromatic rings. The first-order valence-electron chi connectivity index (χ1n) is 8.02. The minimum atomic E-state index is -0.423. The number of ether oxygens (including phenoxy) is 1. The fraction of sp³-hybridized carbons (Fsp3) is 0.389. The molecule has 1 fully saturated rings. The molecule has 0 radical (unpaired) electrons. The van der Waals surface area contributed by atoms with E-state index in [1.54, 1.807) is 6.07 Å². The van der Waals surface area contributed by atoms with E-state index in [1.807, 2.05) is 36.4 Å². The maximum Gasteiger partial charge on any atom is 0.214 e. The van der Waals surface area contributed by atoms with Crippen LogP contribution in [0.1, 0.15) is 6.92 Å². The first-order valence-corrected chi connectivity index (χ1v) is 8.02. The molecule has 122 valence electrons. The van der Waals surface area contributed by atoms with E-state index in [-0.39, 0.29) is 0 Å². The Morgan fingerprint density at radius 2 is 1.96 bits per heavy atom. The number of rotatable bonds is 5. The van der Waals surface area contributed by atoms with Gasteiger partial charge in [0.05, 0.1) is 0 Å². The van der Waals surface area contributed by atoms with Crippen molar-refractivity contribution in [3.63, 3.8) is 0 Å². The molecule has 5 heteroatoms. The van der Waals surface area contributed by atoms with Gasteiger partial charge in [0, 0.05) is 32.2 Å². The Labute approximate surface area is 136 Å². The predicted molar refractivity (Wildman–Crippen MR) is 89.4 cm³/mol. The van der Waals surface area contributed by atoms with Crippen LogP contribution in [-0.2, 0) is 0 Å². The molecule has 23 heavy (non-hydrogen) atoms. The van der Waals surface area contributed by atoms with Crippen molar-refractivity contribution in [3.8, 4) is 5.75 Å². The summed E-state index contributed by atoms with van der Waals surface area (Å²) in [6.07, 6.45) is 0. The van der Waals surface area contributed by atoms with Gasteiger partial charge in [0.15, 0.2) is 0 Å². The number of para-hydroxylation sites is 1. The molecule has 1 saturated heterocycles. The van der Waals surface area contributed by atoms with Crippen molar-refractivity contribution in [2.45, 2.75) is 13.0 Å². The number of piperazine rings is 1. The van der Waals surface area contributed by atoms with Crippen LogP contribution < -0.4 is 9.64 Å². The van der Waals surface area contributed by atoms with Crippen molar-refractivity contribution in [1.29, 1.82) is 0 Å². The summed E-state index contributed by atoms with van der Waals surface area (Å²) in [5, 5.41) is 0. The number of nitrogens with zero attached hydrogens (tertiary/aromatic N) is 3. The summed E-state index contributed by atoms with van der Waals surface area (Å²) in [7, 11) is 0. The highest BCUT2D eigenvalue weighted by atomic mass is 19.1. The molecule has 0 N–H and O–H groups in total. The van der Waals surface area contributed by atoms with Crippen molar-refractivity contribution in [2.24, 2.45) is 0 Å². The molecule has 1 unspecified atom stereocenters. The van der Waals surface area contributed by atoms with Gasteiger partial charge in [-0.3, -0.25) is 4.90 Å². The van der Waals surface area contributed by atoms with Crippen LogP contribution in [0.5, 0.6) is 5.75 Å². The third-order valence-electron chi connectivity index (χ3n) is 4.13. The molecule has 1 atom stereocenters. The molecule has 0 amide bonds. The van der Waals surface area contributed by atoms with Crippen LogP contribution in [0, 0.1) is 5.95 Å². The van der Waals surface area contributed by atoms with Crippen molar-refractivity contribution in [2.75, 3.05) is 37.7 Å². The monoisotopic (exact) mass is 315 g/mol. The van der Waals surface area contributed by atoms with E-state index >= 15 is 0 Å². The molecule has 0 saturated carbocycles. The summed E-state index contributed by atoms with van der Waals surface area (Å²) in [6, 6.07) is 15.1. The maximum atomic E-state index is 13.3. The highest BCUT2D eigenvalue weighted by Crippen LogP contribution is 2.18. The molecule has 1 aliphatic heterocycles. The Morgan fingerprint density at radius 3 is 2.70 bits per heavy atom. The SMILES string of the molecule is CC1CN(CCOc2ccccc2)CCN1c1cccc(F)n1. The molecule has 4 nitrogen and oxygen atoms in total. The zero-order chi connectivity index (χ0) is 16.1. The van der Waals surface area contributed by atoms with Gasteiger partial charge in [0.1, 0.15) is 18.2 Å². The number of anilines is 1. The fourth-order valence-corrected chi connectivity index (χ4v) is 2.94. The van der Waals surface area contributed by atoms with Gasteiger partial charge in [-0.25, -0.2) is 4.98 Å². The molecule has 0 bridgehead atoms. The molecule has 0 spiro atoms. The Balaban J connectivity index is 1.48. The molecule has 2 heterocycles. The molecule has 1 aliphatic rings. The lowest BCUT2D eigenvalue weighted by Crippen LogP contribution is -2.53. The average molecular weight is 315 g/mol. The first kappa shape index (κ1) is 15.7. The second kappa shape index (κ2) is 7.42. The van der Waals surface area contributed by atoms with Crippen molar-refractivity contribution in [1.82, 2.24) is 9.88 Å². The number of aromatic nitrogens is 1. The third kappa shape index (κ3) is 4.20. The fourth-order valence-electron chi connectivity index (χ4n) is 2.94. The van der Waals surface area contributed by atoms with Crippen LogP contribution in [0.15, 0.2) is 48.5 Å². The van der Waals surface area contributed by atoms with Gasteiger partial charge in [-0.1, -0.05) is 24.3 Å². The molecule has 1 aromatic carbocycles. The molecule has 0 aliphatic carbocycles. The second-order valence-corrected chi connectivity index (χ2v) is 5.82. The Morgan fingerprint density at radius 1 is 1.13 bits per heavy atom. The lowest BCUT2D eigenvalue weighted by Gasteiger charge is -2.40. The largest absolute Gasteiger partial charge is 0.492 e. The quantitative estimate of drug-likeness (QED) is 0.793. The summed E-state index contributed by atoms with van der Waals surface area (Å²) in [4.78, 5) is 8.53. The van der Waals surface area contributed by atoms with E-state index in [9.17, 15) is 4.39 Å². The number of hydrogen-bond donors (Lipinski definition) is 0. The maximum absolute atomic E-state index is 13.3. The molecule has 3 rings (SSSR count). The van der Waals surface area contributed by atoms with Crippen LogP contribution in [0.4, 0.5) is 10.2 Å². The molecule has 1 aromatic heterocycles. The van der Waals surface area contributed by atoms with E-state index in [2.05, 4.69) is 21.7 Å². The van der Waals surface area contributed by atoms with Gasteiger partial charge in [-0.05, 0) is 31.2 Å².